The smallest absolute Gasteiger partial charge is 0.275 e. The molecule has 1 atom stereocenters. The van der Waals surface area contributed by atoms with Crippen LogP contribution in [0.1, 0.15) is 27.7 Å². The number of hydrogen-bond donors (Lipinski definition) is 1. The van der Waals surface area contributed by atoms with Crippen LogP contribution >= 0.6 is 0 Å². The van der Waals surface area contributed by atoms with E-state index in [2.05, 4.69) is 10.2 Å². The number of carbonyl (C=O) groups excluding carboxylic acids is 1. The molecule has 3 heterocycles. The number of nitrogens with zero attached hydrogens (tertiary/aromatic N) is 2. The van der Waals surface area contributed by atoms with Crippen molar-refractivity contribution in [1.29, 1.82) is 0 Å². The van der Waals surface area contributed by atoms with E-state index in [0.717, 1.165) is 11.1 Å². The van der Waals surface area contributed by atoms with Crippen LogP contribution in [0.2, 0.25) is 0 Å². The second kappa shape index (κ2) is 6.78. The van der Waals surface area contributed by atoms with Gasteiger partial charge >= 0.3 is 0 Å². The normalized spacial score (nSPS) is 16.5. The predicted octanol–water partition coefficient (Wildman–Crippen LogP) is 2.83. The van der Waals surface area contributed by atoms with Gasteiger partial charge in [-0.3, -0.25) is 9.89 Å². The summed E-state index contributed by atoms with van der Waals surface area (Å²) in [5, 5.41) is 7.22. The van der Waals surface area contributed by atoms with E-state index in [-0.39, 0.29) is 11.9 Å². The van der Waals surface area contributed by atoms with Gasteiger partial charge in [-0.05, 0) is 17.7 Å². The largest absolute Gasteiger partial charge is 0.463 e. The van der Waals surface area contributed by atoms with Crippen molar-refractivity contribution in [3.8, 4) is 11.5 Å². The highest BCUT2D eigenvalue weighted by Crippen LogP contribution is 2.42. The fraction of sp³-hybridized carbons (Fsp3) is 0.263. The number of nitrogens with one attached hydrogen (secondary N) is 1. The van der Waals surface area contributed by atoms with Crippen molar-refractivity contribution < 1.29 is 18.7 Å². The number of furan rings is 1. The van der Waals surface area contributed by atoms with Crippen LogP contribution in [0, 0.1) is 0 Å². The number of methoxy groups -OCH3 is 2. The average Bonchev–Trinajstić information content (AvgIpc) is 3.39. The van der Waals surface area contributed by atoms with Crippen molar-refractivity contribution in [2.75, 3.05) is 20.8 Å². The average molecular weight is 353 g/mol. The Bertz CT molecular complexity index is 885. The van der Waals surface area contributed by atoms with Crippen molar-refractivity contribution in [2.45, 2.75) is 12.3 Å². The Morgan fingerprint density at radius 3 is 2.62 bits per heavy atom. The van der Waals surface area contributed by atoms with Crippen molar-refractivity contribution in [3.63, 3.8) is 0 Å². The Kier molecular flexibility index (Phi) is 4.32. The lowest BCUT2D eigenvalue weighted by atomic mass is 9.98. The molecule has 0 fully saturated rings. The van der Waals surface area contributed by atoms with E-state index >= 15 is 0 Å². The maximum atomic E-state index is 13.0. The molecule has 1 N–H and O–H groups in total. The van der Waals surface area contributed by atoms with Gasteiger partial charge < -0.3 is 18.8 Å². The Hall–Kier alpha value is -2.90. The number of carbonyl (C=O) groups is 1. The molecule has 4 rings (SSSR count). The van der Waals surface area contributed by atoms with Gasteiger partial charge in [0.05, 0.1) is 18.8 Å². The van der Waals surface area contributed by atoms with Crippen molar-refractivity contribution in [2.24, 2.45) is 0 Å². The number of rotatable bonds is 6. The molecule has 2 aromatic heterocycles. The van der Waals surface area contributed by atoms with Gasteiger partial charge in [0.1, 0.15) is 5.69 Å². The minimum absolute atomic E-state index is 0.165. The highest BCUT2D eigenvalue weighted by molar-refractivity contribution is 5.99. The molecule has 7 nitrogen and oxygen atoms in total. The quantitative estimate of drug-likeness (QED) is 0.689. The summed E-state index contributed by atoms with van der Waals surface area (Å²) < 4.78 is 16.1. The third-order valence-corrected chi connectivity index (χ3v) is 4.61. The van der Waals surface area contributed by atoms with Crippen LogP contribution in [0.25, 0.3) is 11.5 Å². The van der Waals surface area contributed by atoms with Gasteiger partial charge in [-0.15, -0.1) is 0 Å². The van der Waals surface area contributed by atoms with Crippen LogP contribution in [0.5, 0.6) is 0 Å². The zero-order chi connectivity index (χ0) is 18.1. The number of aromatic nitrogens is 2. The first kappa shape index (κ1) is 16.6. The molecule has 1 aromatic carbocycles. The van der Waals surface area contributed by atoms with Crippen LogP contribution in [0.15, 0.2) is 53.1 Å². The first-order chi connectivity index (χ1) is 12.7. The lowest BCUT2D eigenvalue weighted by Crippen LogP contribution is -2.38. The number of hydrogen-bond acceptors (Lipinski definition) is 5. The topological polar surface area (TPSA) is 80.6 Å². The van der Waals surface area contributed by atoms with Gasteiger partial charge in [-0.1, -0.05) is 30.3 Å². The second-order valence-corrected chi connectivity index (χ2v) is 6.01. The molecule has 0 spiro atoms. The third kappa shape index (κ3) is 2.61. The van der Waals surface area contributed by atoms with E-state index in [1.165, 1.54) is 0 Å². The van der Waals surface area contributed by atoms with Crippen LogP contribution in [0.4, 0.5) is 0 Å². The van der Waals surface area contributed by atoms with Crippen LogP contribution in [-0.2, 0) is 9.47 Å². The summed E-state index contributed by atoms with van der Waals surface area (Å²) in [7, 11) is 3.11. The number of aromatic amines is 1. The van der Waals surface area contributed by atoms with Gasteiger partial charge in [0.25, 0.3) is 5.91 Å². The maximum Gasteiger partial charge on any atom is 0.275 e. The second-order valence-electron chi connectivity index (χ2n) is 6.01. The summed E-state index contributed by atoms with van der Waals surface area (Å²) in [4.78, 5) is 14.8. The van der Waals surface area contributed by atoms with Crippen LogP contribution < -0.4 is 0 Å². The number of benzene rings is 1. The minimum atomic E-state index is -0.523. The van der Waals surface area contributed by atoms with Crippen molar-refractivity contribution in [3.05, 3.63) is 65.5 Å². The maximum absolute atomic E-state index is 13.0. The molecule has 0 saturated heterocycles. The van der Waals surface area contributed by atoms with E-state index < -0.39 is 6.29 Å². The molecule has 7 heteroatoms. The van der Waals surface area contributed by atoms with Crippen LogP contribution in [0.3, 0.4) is 0 Å². The first-order valence-corrected chi connectivity index (χ1v) is 8.28. The Balaban J connectivity index is 1.83. The summed E-state index contributed by atoms with van der Waals surface area (Å²) in [6.45, 7) is 0.291. The van der Waals surface area contributed by atoms with E-state index in [1.54, 1.807) is 31.4 Å². The van der Waals surface area contributed by atoms with Gasteiger partial charge in [0.15, 0.2) is 17.7 Å². The summed E-state index contributed by atoms with van der Waals surface area (Å²) in [6.07, 6.45) is 1.07. The minimum Gasteiger partial charge on any atom is -0.463 e. The zero-order valence-corrected chi connectivity index (χ0v) is 14.5. The van der Waals surface area contributed by atoms with Gasteiger partial charge in [-0.2, -0.15) is 5.10 Å². The zero-order valence-electron chi connectivity index (χ0n) is 14.5. The van der Waals surface area contributed by atoms with Crippen molar-refractivity contribution in [1.82, 2.24) is 15.1 Å². The van der Waals surface area contributed by atoms with Crippen LogP contribution in [-0.4, -0.2) is 48.1 Å². The van der Waals surface area contributed by atoms with E-state index in [0.29, 0.717) is 23.7 Å². The van der Waals surface area contributed by atoms with Crippen molar-refractivity contribution >= 4 is 5.91 Å². The summed E-state index contributed by atoms with van der Waals surface area (Å²) in [6, 6.07) is 13.2. The monoisotopic (exact) mass is 353 g/mol. The molecule has 1 aliphatic rings. The summed E-state index contributed by atoms with van der Waals surface area (Å²) >= 11 is 0. The SMILES string of the molecule is COC(CN1C(=O)c2n[nH]c(-c3ccco3)c2C1c1ccccc1)OC. The Morgan fingerprint density at radius 1 is 1.19 bits per heavy atom. The lowest BCUT2D eigenvalue weighted by Gasteiger charge is -2.28. The standard InChI is InChI=1S/C19H19N3O4/c1-24-14(25-2)11-22-18(12-7-4-3-5-8-12)15-16(13-9-6-10-26-13)20-21-17(15)19(22)23/h3-10,14,18H,11H2,1-2H3,(H,20,21). The molecule has 0 bridgehead atoms. The van der Waals surface area contributed by atoms with E-state index in [1.807, 2.05) is 36.4 Å². The van der Waals surface area contributed by atoms with E-state index in [9.17, 15) is 4.79 Å². The molecule has 1 amide bonds. The highest BCUT2D eigenvalue weighted by atomic mass is 16.7. The van der Waals surface area contributed by atoms with Gasteiger partial charge in [0, 0.05) is 19.8 Å². The first-order valence-electron chi connectivity index (χ1n) is 8.28. The lowest BCUT2D eigenvalue weighted by molar-refractivity contribution is -0.113. The molecule has 3 aromatic rings. The molecular formula is C19H19N3O4. The van der Waals surface area contributed by atoms with E-state index in [4.69, 9.17) is 13.9 Å². The fourth-order valence-electron chi connectivity index (χ4n) is 3.37. The Morgan fingerprint density at radius 2 is 1.96 bits per heavy atom. The molecule has 0 aliphatic carbocycles. The molecular weight excluding hydrogens is 334 g/mol. The number of amides is 1. The molecule has 0 saturated carbocycles. The summed E-state index contributed by atoms with van der Waals surface area (Å²) in [5.74, 6) is 0.478. The molecule has 1 aliphatic heterocycles. The van der Waals surface area contributed by atoms with Gasteiger partial charge in [-0.25, -0.2) is 0 Å². The predicted molar refractivity (Wildman–Crippen MR) is 93.4 cm³/mol. The molecule has 0 radical (unpaired) electrons. The number of ether oxygens (including phenoxy) is 2. The molecule has 134 valence electrons. The number of H-pyrrole nitrogens is 1. The highest BCUT2D eigenvalue weighted by Gasteiger charge is 2.43. The fourth-order valence-corrected chi connectivity index (χ4v) is 3.37. The molecule has 26 heavy (non-hydrogen) atoms. The third-order valence-electron chi connectivity index (χ3n) is 4.61. The summed E-state index contributed by atoms with van der Waals surface area (Å²) in [5.41, 5.74) is 2.90. The molecule has 1 unspecified atom stereocenters. The Labute approximate surface area is 150 Å². The van der Waals surface area contributed by atoms with Gasteiger partial charge in [0.2, 0.25) is 0 Å². The number of fused-ring (bicyclic) bond motifs is 1.